The number of ether oxygens (including phenoxy) is 2. The van der Waals surface area contributed by atoms with Gasteiger partial charge in [0.15, 0.2) is 0 Å². The number of benzene rings is 1. The topological polar surface area (TPSA) is 54.0 Å². The van der Waals surface area contributed by atoms with E-state index < -0.39 is 0 Å². The first-order chi connectivity index (χ1) is 11.2. The largest absolute Gasteiger partial charge is 0.379 e. The van der Waals surface area contributed by atoms with Crippen LogP contribution in [0.3, 0.4) is 0 Å². The molecule has 2 aliphatic heterocycles. The minimum absolute atomic E-state index is 0.0334. The Morgan fingerprint density at radius 2 is 1.57 bits per heavy atom. The van der Waals surface area contributed by atoms with Gasteiger partial charge in [0.05, 0.1) is 32.5 Å². The van der Waals surface area contributed by atoms with E-state index >= 15 is 0 Å². The fourth-order valence-electron chi connectivity index (χ4n) is 2.95. The average Bonchev–Trinajstić information content (AvgIpc) is 2.63. The zero-order valence-electron chi connectivity index (χ0n) is 13.7. The van der Waals surface area contributed by atoms with E-state index in [0.717, 1.165) is 45.1 Å². The van der Waals surface area contributed by atoms with Gasteiger partial charge >= 0.3 is 0 Å². The molecule has 0 unspecified atom stereocenters. The molecule has 0 spiro atoms. The van der Waals surface area contributed by atoms with Crippen LogP contribution in [-0.4, -0.2) is 69.5 Å². The minimum atomic E-state index is -0.141. The standard InChI is InChI=1S/C17H25N3O3/c1-14(19-6-10-22-11-7-19)17(21)18-15-2-4-16(5-3-15)20-8-12-23-13-9-20/h2-5,14H,6-13H2,1H3,(H,18,21)/t14-/m0/s1. The second kappa shape index (κ2) is 7.77. The molecule has 0 aromatic heterocycles. The molecule has 2 saturated heterocycles. The zero-order chi connectivity index (χ0) is 16.1. The van der Waals surface area contributed by atoms with Gasteiger partial charge in [-0.15, -0.1) is 0 Å². The van der Waals surface area contributed by atoms with Crippen LogP contribution in [0.2, 0.25) is 0 Å². The third kappa shape index (κ3) is 4.22. The highest BCUT2D eigenvalue weighted by Gasteiger charge is 2.23. The molecule has 1 aromatic carbocycles. The molecule has 0 aliphatic carbocycles. The highest BCUT2D eigenvalue weighted by molar-refractivity contribution is 5.94. The van der Waals surface area contributed by atoms with Crippen molar-refractivity contribution in [2.45, 2.75) is 13.0 Å². The molecule has 3 rings (SSSR count). The van der Waals surface area contributed by atoms with Gasteiger partial charge in [-0.3, -0.25) is 9.69 Å². The van der Waals surface area contributed by atoms with Gasteiger partial charge in [-0.2, -0.15) is 0 Å². The monoisotopic (exact) mass is 319 g/mol. The van der Waals surface area contributed by atoms with Gasteiger partial charge in [-0.05, 0) is 31.2 Å². The molecule has 23 heavy (non-hydrogen) atoms. The molecular weight excluding hydrogens is 294 g/mol. The smallest absolute Gasteiger partial charge is 0.241 e. The van der Waals surface area contributed by atoms with Gasteiger partial charge in [0.1, 0.15) is 0 Å². The Morgan fingerprint density at radius 3 is 2.17 bits per heavy atom. The Hall–Kier alpha value is -1.63. The zero-order valence-corrected chi connectivity index (χ0v) is 13.7. The van der Waals surface area contributed by atoms with Crippen LogP contribution in [0.15, 0.2) is 24.3 Å². The van der Waals surface area contributed by atoms with E-state index in [2.05, 4.69) is 27.2 Å². The molecule has 0 saturated carbocycles. The number of hydrogen-bond acceptors (Lipinski definition) is 5. The summed E-state index contributed by atoms with van der Waals surface area (Å²) in [6.07, 6.45) is 0. The fourth-order valence-corrected chi connectivity index (χ4v) is 2.95. The van der Waals surface area contributed by atoms with Crippen molar-refractivity contribution >= 4 is 17.3 Å². The van der Waals surface area contributed by atoms with Gasteiger partial charge in [-0.25, -0.2) is 0 Å². The van der Waals surface area contributed by atoms with Crippen LogP contribution in [0.1, 0.15) is 6.92 Å². The highest BCUT2D eigenvalue weighted by Crippen LogP contribution is 2.19. The summed E-state index contributed by atoms with van der Waals surface area (Å²) in [4.78, 5) is 16.8. The predicted octanol–water partition coefficient (Wildman–Crippen LogP) is 1.18. The molecule has 6 heteroatoms. The first-order valence-corrected chi connectivity index (χ1v) is 8.29. The van der Waals surface area contributed by atoms with Crippen molar-refractivity contribution in [3.8, 4) is 0 Å². The summed E-state index contributed by atoms with van der Waals surface area (Å²) in [6, 6.07) is 7.90. The Labute approximate surface area is 137 Å². The van der Waals surface area contributed by atoms with E-state index in [1.165, 1.54) is 5.69 Å². The van der Waals surface area contributed by atoms with Crippen molar-refractivity contribution in [1.29, 1.82) is 0 Å². The Morgan fingerprint density at radius 1 is 1.00 bits per heavy atom. The number of morpholine rings is 2. The van der Waals surface area contributed by atoms with Crippen molar-refractivity contribution in [3.63, 3.8) is 0 Å². The van der Waals surface area contributed by atoms with Crippen molar-refractivity contribution < 1.29 is 14.3 Å². The van der Waals surface area contributed by atoms with Gasteiger partial charge < -0.3 is 19.7 Å². The lowest BCUT2D eigenvalue weighted by Gasteiger charge is -2.31. The molecule has 1 aromatic rings. The van der Waals surface area contributed by atoms with Crippen LogP contribution in [-0.2, 0) is 14.3 Å². The predicted molar refractivity (Wildman–Crippen MR) is 90.0 cm³/mol. The maximum atomic E-state index is 12.4. The number of nitrogens with zero attached hydrogens (tertiary/aromatic N) is 2. The number of rotatable bonds is 4. The molecular formula is C17H25N3O3. The summed E-state index contributed by atoms with van der Waals surface area (Å²) < 4.78 is 10.7. The Kier molecular flexibility index (Phi) is 5.48. The molecule has 2 heterocycles. The molecule has 1 N–H and O–H groups in total. The van der Waals surface area contributed by atoms with E-state index in [-0.39, 0.29) is 11.9 Å². The van der Waals surface area contributed by atoms with Crippen molar-refractivity contribution in [1.82, 2.24) is 4.90 Å². The molecule has 2 aliphatic rings. The van der Waals surface area contributed by atoms with Crippen LogP contribution in [0, 0.1) is 0 Å². The van der Waals surface area contributed by atoms with Crippen LogP contribution in [0.4, 0.5) is 11.4 Å². The second-order valence-electron chi connectivity index (χ2n) is 5.96. The van der Waals surface area contributed by atoms with Crippen LogP contribution in [0.5, 0.6) is 0 Å². The van der Waals surface area contributed by atoms with Gasteiger partial charge in [0, 0.05) is 37.6 Å². The number of amides is 1. The quantitative estimate of drug-likeness (QED) is 0.903. The minimum Gasteiger partial charge on any atom is -0.379 e. The normalized spacial score (nSPS) is 21.0. The second-order valence-corrected chi connectivity index (χ2v) is 5.96. The number of carbonyl (C=O) groups excluding carboxylic acids is 1. The van der Waals surface area contributed by atoms with Crippen LogP contribution < -0.4 is 10.2 Å². The molecule has 6 nitrogen and oxygen atoms in total. The number of anilines is 2. The number of carbonyl (C=O) groups is 1. The van der Waals surface area contributed by atoms with E-state index in [1.807, 2.05) is 19.1 Å². The van der Waals surface area contributed by atoms with Crippen LogP contribution in [0.25, 0.3) is 0 Å². The summed E-state index contributed by atoms with van der Waals surface area (Å²) in [5, 5.41) is 3.00. The van der Waals surface area contributed by atoms with E-state index in [4.69, 9.17) is 9.47 Å². The summed E-state index contributed by atoms with van der Waals surface area (Å²) in [5.74, 6) is 0.0334. The lowest BCUT2D eigenvalue weighted by molar-refractivity contribution is -0.122. The maximum absolute atomic E-state index is 12.4. The Bertz CT molecular complexity index is 508. The average molecular weight is 319 g/mol. The summed E-state index contributed by atoms with van der Waals surface area (Å²) in [5.41, 5.74) is 2.01. The first kappa shape index (κ1) is 16.2. The summed E-state index contributed by atoms with van der Waals surface area (Å²) in [7, 11) is 0. The molecule has 0 radical (unpaired) electrons. The van der Waals surface area contributed by atoms with Gasteiger partial charge in [-0.1, -0.05) is 0 Å². The SMILES string of the molecule is C[C@@H](C(=O)Nc1ccc(N2CCOCC2)cc1)N1CCOCC1. The van der Waals surface area contributed by atoms with Crippen molar-refractivity contribution in [3.05, 3.63) is 24.3 Å². The van der Waals surface area contributed by atoms with Crippen LogP contribution >= 0.6 is 0 Å². The summed E-state index contributed by atoms with van der Waals surface area (Å²) in [6.45, 7) is 8.35. The fraction of sp³-hybridized carbons (Fsp3) is 0.588. The molecule has 2 fully saturated rings. The number of hydrogen-bond donors (Lipinski definition) is 1. The summed E-state index contributed by atoms with van der Waals surface area (Å²) >= 11 is 0. The molecule has 126 valence electrons. The van der Waals surface area contributed by atoms with Gasteiger partial charge in [0.2, 0.25) is 5.91 Å². The highest BCUT2D eigenvalue weighted by atomic mass is 16.5. The maximum Gasteiger partial charge on any atom is 0.241 e. The molecule has 0 bridgehead atoms. The Balaban J connectivity index is 1.55. The first-order valence-electron chi connectivity index (χ1n) is 8.29. The number of nitrogens with one attached hydrogen (secondary N) is 1. The van der Waals surface area contributed by atoms with E-state index in [1.54, 1.807) is 0 Å². The molecule has 1 amide bonds. The third-order valence-corrected chi connectivity index (χ3v) is 4.48. The lowest BCUT2D eigenvalue weighted by Crippen LogP contribution is -2.47. The third-order valence-electron chi connectivity index (χ3n) is 4.48. The van der Waals surface area contributed by atoms with E-state index in [0.29, 0.717) is 13.2 Å². The van der Waals surface area contributed by atoms with E-state index in [9.17, 15) is 4.79 Å². The van der Waals surface area contributed by atoms with Crippen molar-refractivity contribution in [2.24, 2.45) is 0 Å². The molecule has 1 atom stereocenters. The lowest BCUT2D eigenvalue weighted by atomic mass is 10.2. The van der Waals surface area contributed by atoms with Crippen molar-refractivity contribution in [2.75, 3.05) is 62.8 Å². The van der Waals surface area contributed by atoms with Gasteiger partial charge in [0.25, 0.3) is 0 Å².